The average Bonchev–Trinajstić information content (AvgIpc) is 2.88. The van der Waals surface area contributed by atoms with Gasteiger partial charge in [-0.2, -0.15) is 0 Å². The molecule has 2 aromatic rings. The van der Waals surface area contributed by atoms with Crippen molar-refractivity contribution in [1.29, 1.82) is 0 Å². The van der Waals surface area contributed by atoms with Gasteiger partial charge in [-0.3, -0.25) is 0 Å². The van der Waals surface area contributed by atoms with Gasteiger partial charge in [0.15, 0.2) is 0 Å². The number of anilines is 2. The Kier molecular flexibility index (Phi) is 3.80. The molecule has 1 aliphatic heterocycles. The SMILES string of the molecule is Brc1ccc(Br)c(NCc2cccc3c2NCC3)c1. The summed E-state index contributed by atoms with van der Waals surface area (Å²) in [6.45, 7) is 1.87. The highest BCUT2D eigenvalue weighted by atomic mass is 79.9. The van der Waals surface area contributed by atoms with Gasteiger partial charge in [-0.25, -0.2) is 0 Å². The maximum absolute atomic E-state index is 3.57. The summed E-state index contributed by atoms with van der Waals surface area (Å²) in [6, 6.07) is 12.7. The predicted molar refractivity (Wildman–Crippen MR) is 87.8 cm³/mol. The van der Waals surface area contributed by atoms with Crippen LogP contribution in [-0.4, -0.2) is 6.54 Å². The van der Waals surface area contributed by atoms with E-state index in [1.54, 1.807) is 0 Å². The van der Waals surface area contributed by atoms with E-state index >= 15 is 0 Å². The van der Waals surface area contributed by atoms with E-state index in [0.29, 0.717) is 0 Å². The Balaban J connectivity index is 1.80. The molecule has 0 amide bonds. The lowest BCUT2D eigenvalue weighted by molar-refractivity contribution is 1.11. The zero-order valence-electron chi connectivity index (χ0n) is 10.3. The van der Waals surface area contributed by atoms with Gasteiger partial charge in [-0.15, -0.1) is 0 Å². The fraction of sp³-hybridized carbons (Fsp3) is 0.200. The van der Waals surface area contributed by atoms with Gasteiger partial charge >= 0.3 is 0 Å². The molecule has 19 heavy (non-hydrogen) atoms. The fourth-order valence-corrected chi connectivity index (χ4v) is 3.13. The van der Waals surface area contributed by atoms with E-state index in [-0.39, 0.29) is 0 Å². The van der Waals surface area contributed by atoms with Crippen LogP contribution in [0.5, 0.6) is 0 Å². The number of hydrogen-bond donors (Lipinski definition) is 2. The largest absolute Gasteiger partial charge is 0.384 e. The van der Waals surface area contributed by atoms with Gasteiger partial charge in [0.25, 0.3) is 0 Å². The van der Waals surface area contributed by atoms with Crippen molar-refractivity contribution in [2.75, 3.05) is 17.2 Å². The van der Waals surface area contributed by atoms with Crippen molar-refractivity contribution in [3.63, 3.8) is 0 Å². The summed E-state index contributed by atoms with van der Waals surface area (Å²) < 4.78 is 2.16. The van der Waals surface area contributed by atoms with Crippen LogP contribution >= 0.6 is 31.9 Å². The van der Waals surface area contributed by atoms with Crippen LogP contribution in [-0.2, 0) is 13.0 Å². The zero-order valence-corrected chi connectivity index (χ0v) is 13.5. The maximum Gasteiger partial charge on any atom is 0.0498 e. The summed E-state index contributed by atoms with van der Waals surface area (Å²) in [6.07, 6.45) is 1.13. The van der Waals surface area contributed by atoms with Crippen LogP contribution < -0.4 is 10.6 Å². The molecule has 2 nitrogen and oxygen atoms in total. The maximum atomic E-state index is 3.57. The lowest BCUT2D eigenvalue weighted by Gasteiger charge is -2.12. The molecule has 0 spiro atoms. The Morgan fingerprint density at radius 2 is 2.05 bits per heavy atom. The highest BCUT2D eigenvalue weighted by molar-refractivity contribution is 9.11. The molecule has 2 N–H and O–H groups in total. The van der Waals surface area contributed by atoms with E-state index in [2.05, 4.69) is 66.8 Å². The molecule has 2 aromatic carbocycles. The van der Waals surface area contributed by atoms with E-state index in [9.17, 15) is 0 Å². The quantitative estimate of drug-likeness (QED) is 0.798. The van der Waals surface area contributed by atoms with Crippen molar-refractivity contribution in [3.8, 4) is 0 Å². The van der Waals surface area contributed by atoms with Crippen molar-refractivity contribution < 1.29 is 0 Å². The lowest BCUT2D eigenvalue weighted by Crippen LogP contribution is -2.03. The Bertz CT molecular complexity index is 611. The molecule has 1 heterocycles. The number of benzene rings is 2. The highest BCUT2D eigenvalue weighted by Gasteiger charge is 2.13. The van der Waals surface area contributed by atoms with E-state index in [1.165, 1.54) is 16.8 Å². The van der Waals surface area contributed by atoms with Crippen LogP contribution in [0.1, 0.15) is 11.1 Å². The summed E-state index contributed by atoms with van der Waals surface area (Å²) in [5.41, 5.74) is 5.15. The Morgan fingerprint density at radius 3 is 2.95 bits per heavy atom. The molecule has 3 rings (SSSR count). The average molecular weight is 382 g/mol. The molecular formula is C15H14Br2N2. The number of halogens is 2. The van der Waals surface area contributed by atoms with Gasteiger partial charge in [-0.05, 0) is 51.7 Å². The van der Waals surface area contributed by atoms with Crippen molar-refractivity contribution >= 4 is 43.2 Å². The van der Waals surface area contributed by atoms with Crippen molar-refractivity contribution in [1.82, 2.24) is 0 Å². The molecule has 0 aliphatic carbocycles. The van der Waals surface area contributed by atoms with Gasteiger partial charge < -0.3 is 10.6 Å². The molecule has 0 saturated heterocycles. The summed E-state index contributed by atoms with van der Waals surface area (Å²) in [4.78, 5) is 0. The molecule has 0 atom stereocenters. The van der Waals surface area contributed by atoms with Gasteiger partial charge in [0.1, 0.15) is 0 Å². The van der Waals surface area contributed by atoms with E-state index < -0.39 is 0 Å². The second-order valence-corrected chi connectivity index (χ2v) is 6.38. The number of rotatable bonds is 3. The third-order valence-electron chi connectivity index (χ3n) is 3.33. The monoisotopic (exact) mass is 380 g/mol. The Labute approximate surface area is 129 Å². The first kappa shape index (κ1) is 13.0. The van der Waals surface area contributed by atoms with Gasteiger partial charge in [0.05, 0.1) is 0 Å². The number of nitrogens with one attached hydrogen (secondary N) is 2. The molecule has 1 aliphatic rings. The van der Waals surface area contributed by atoms with Crippen LogP contribution in [0.4, 0.5) is 11.4 Å². The zero-order chi connectivity index (χ0) is 13.2. The fourth-order valence-electron chi connectivity index (χ4n) is 2.38. The minimum atomic E-state index is 0.825. The van der Waals surface area contributed by atoms with E-state index in [1.807, 2.05) is 12.1 Å². The Morgan fingerprint density at radius 1 is 1.16 bits per heavy atom. The van der Waals surface area contributed by atoms with Crippen LogP contribution in [0.3, 0.4) is 0 Å². The first-order valence-electron chi connectivity index (χ1n) is 6.27. The standard InChI is InChI=1S/C15H14Br2N2/c16-12-4-5-13(17)14(8-12)19-9-11-3-1-2-10-6-7-18-15(10)11/h1-5,8,18-19H,6-7,9H2. The first-order valence-corrected chi connectivity index (χ1v) is 7.86. The van der Waals surface area contributed by atoms with E-state index in [4.69, 9.17) is 0 Å². The van der Waals surface area contributed by atoms with Crippen molar-refractivity contribution in [2.24, 2.45) is 0 Å². The number of fused-ring (bicyclic) bond motifs is 1. The molecule has 0 radical (unpaired) electrons. The molecule has 0 bridgehead atoms. The molecule has 4 heteroatoms. The van der Waals surface area contributed by atoms with E-state index in [0.717, 1.165) is 34.1 Å². The van der Waals surface area contributed by atoms with Crippen LogP contribution in [0, 0.1) is 0 Å². The minimum Gasteiger partial charge on any atom is -0.384 e. The summed E-state index contributed by atoms with van der Waals surface area (Å²) in [7, 11) is 0. The summed E-state index contributed by atoms with van der Waals surface area (Å²) >= 11 is 7.07. The van der Waals surface area contributed by atoms with Gasteiger partial charge in [-0.1, -0.05) is 34.1 Å². The smallest absolute Gasteiger partial charge is 0.0498 e. The minimum absolute atomic E-state index is 0.825. The first-order chi connectivity index (χ1) is 9.24. The number of para-hydroxylation sites is 1. The summed E-state index contributed by atoms with van der Waals surface area (Å²) in [5.74, 6) is 0. The highest BCUT2D eigenvalue weighted by Crippen LogP contribution is 2.29. The molecule has 98 valence electrons. The van der Waals surface area contributed by atoms with Crippen molar-refractivity contribution in [2.45, 2.75) is 13.0 Å². The summed E-state index contributed by atoms with van der Waals surface area (Å²) in [5, 5.41) is 6.95. The lowest BCUT2D eigenvalue weighted by atomic mass is 10.1. The third kappa shape index (κ3) is 2.79. The molecule has 0 fully saturated rings. The molecule has 0 aromatic heterocycles. The van der Waals surface area contributed by atoms with Crippen LogP contribution in [0.25, 0.3) is 0 Å². The third-order valence-corrected chi connectivity index (χ3v) is 4.52. The van der Waals surface area contributed by atoms with Gasteiger partial charge in [0, 0.05) is 33.4 Å². The topological polar surface area (TPSA) is 24.1 Å². The normalized spacial score (nSPS) is 12.9. The van der Waals surface area contributed by atoms with Crippen molar-refractivity contribution in [3.05, 3.63) is 56.5 Å². The number of hydrogen-bond acceptors (Lipinski definition) is 2. The van der Waals surface area contributed by atoms with Crippen LogP contribution in [0.15, 0.2) is 45.3 Å². The van der Waals surface area contributed by atoms with Gasteiger partial charge in [0.2, 0.25) is 0 Å². The second kappa shape index (κ2) is 5.55. The second-order valence-electron chi connectivity index (χ2n) is 4.61. The van der Waals surface area contributed by atoms with Crippen LogP contribution in [0.2, 0.25) is 0 Å². The predicted octanol–water partition coefficient (Wildman–Crippen LogP) is 4.79. The molecule has 0 saturated carbocycles. The molecular weight excluding hydrogens is 368 g/mol. The Hall–Kier alpha value is -1.00. The molecule has 0 unspecified atom stereocenters.